The monoisotopic (exact) mass is 456 g/mol. The third kappa shape index (κ3) is 5.73. The van der Waals surface area contributed by atoms with Crippen LogP contribution in [0.5, 0.6) is 5.75 Å². The summed E-state index contributed by atoms with van der Waals surface area (Å²) in [4.78, 5) is 29.2. The van der Waals surface area contributed by atoms with Crippen LogP contribution in [0.15, 0.2) is 30.6 Å². The number of aromatic nitrogens is 5. The molecule has 0 aliphatic rings. The van der Waals surface area contributed by atoms with Gasteiger partial charge < -0.3 is 20.7 Å². The highest BCUT2D eigenvalue weighted by molar-refractivity contribution is 5.99. The Balaban J connectivity index is 2.03. The van der Waals surface area contributed by atoms with E-state index in [2.05, 4.69) is 36.2 Å². The lowest BCUT2D eigenvalue weighted by Crippen LogP contribution is -2.43. The van der Waals surface area contributed by atoms with Crippen molar-refractivity contribution in [3.63, 3.8) is 0 Å². The van der Waals surface area contributed by atoms with Crippen molar-refractivity contribution >= 4 is 29.1 Å². The highest BCUT2D eigenvalue weighted by atomic mass is 16.5. The fourth-order valence-corrected chi connectivity index (χ4v) is 2.90. The van der Waals surface area contributed by atoms with Gasteiger partial charge in [0.15, 0.2) is 23.1 Å². The molecule has 0 aliphatic heterocycles. The number of nitrogens with zero attached hydrogens (tertiary/aromatic N) is 5. The summed E-state index contributed by atoms with van der Waals surface area (Å²) in [5.74, 6) is -0.196. The molecule has 174 valence electrons. The Labute approximate surface area is 195 Å². The first-order valence-electron chi connectivity index (χ1n) is 11.4. The van der Waals surface area contributed by atoms with Crippen LogP contribution >= 0.6 is 0 Å². The van der Waals surface area contributed by atoms with Crippen LogP contribution in [0.1, 0.15) is 35.4 Å². The van der Waals surface area contributed by atoms with Crippen molar-refractivity contribution in [3.05, 3.63) is 36.3 Å². The molecule has 1 aromatic carbocycles. The Morgan fingerprint density at radius 2 is 1.97 bits per heavy atom. The molecular weight excluding hydrogens is 426 g/mol. The maximum Gasteiger partial charge on any atom is 0.320 e. The van der Waals surface area contributed by atoms with E-state index in [9.17, 15) is 9.59 Å². The first-order valence-corrected chi connectivity index (χ1v) is 9.85. The first-order chi connectivity index (χ1) is 16.8. The van der Waals surface area contributed by atoms with Crippen molar-refractivity contribution in [1.29, 1.82) is 0 Å². The van der Waals surface area contributed by atoms with E-state index in [1.54, 1.807) is 36.3 Å². The number of benzene rings is 1. The smallest absolute Gasteiger partial charge is 0.320 e. The standard InChI is InChI=1S/C21H27N9O3/c1-21(2,3)26-20(32)25-15-10-14(16(28-27-15)19(31)22-4)24-13-9-7-8-12(17(13)33-6)18-23-11-30(5)29-18/h7-11H,1-6H3,(H,22,31)(H3,24,25,26,27,32)/i4D3. The molecule has 0 aliphatic carbocycles. The van der Waals surface area contributed by atoms with Crippen molar-refractivity contribution in [1.82, 2.24) is 35.6 Å². The quantitative estimate of drug-likeness (QED) is 0.442. The molecule has 0 fully saturated rings. The number of amides is 3. The van der Waals surface area contributed by atoms with E-state index in [1.807, 2.05) is 26.1 Å². The Morgan fingerprint density at radius 1 is 1.18 bits per heavy atom. The number of carbonyl (C=O) groups excluding carboxylic acids is 2. The molecule has 0 spiro atoms. The van der Waals surface area contributed by atoms with Gasteiger partial charge in [0.2, 0.25) is 0 Å². The molecule has 0 saturated carbocycles. The van der Waals surface area contributed by atoms with E-state index < -0.39 is 24.5 Å². The number of anilines is 3. The van der Waals surface area contributed by atoms with Gasteiger partial charge in [0, 0.05) is 29.7 Å². The van der Waals surface area contributed by atoms with Gasteiger partial charge in [-0.2, -0.15) is 5.10 Å². The van der Waals surface area contributed by atoms with E-state index in [1.165, 1.54) is 13.2 Å². The van der Waals surface area contributed by atoms with Crippen molar-refractivity contribution in [3.8, 4) is 17.1 Å². The minimum absolute atomic E-state index is 0.0196. The summed E-state index contributed by atoms with van der Waals surface area (Å²) < 4.78 is 29.2. The summed E-state index contributed by atoms with van der Waals surface area (Å²) in [6.07, 6.45) is 1.54. The molecule has 3 rings (SSSR count). The van der Waals surface area contributed by atoms with Crippen LogP contribution in [-0.2, 0) is 7.05 Å². The molecule has 12 nitrogen and oxygen atoms in total. The average molecular weight is 457 g/mol. The fourth-order valence-electron chi connectivity index (χ4n) is 2.90. The lowest BCUT2D eigenvalue weighted by Gasteiger charge is -2.20. The maximum atomic E-state index is 12.7. The molecule has 12 heteroatoms. The molecule has 2 aromatic heterocycles. The molecule has 0 bridgehead atoms. The minimum Gasteiger partial charge on any atom is -0.494 e. The van der Waals surface area contributed by atoms with Gasteiger partial charge in [0.05, 0.1) is 24.0 Å². The van der Waals surface area contributed by atoms with Crippen molar-refractivity contribution in [2.75, 3.05) is 24.7 Å². The highest BCUT2D eigenvalue weighted by Crippen LogP contribution is 2.37. The summed E-state index contributed by atoms with van der Waals surface area (Å²) in [7, 11) is 3.19. The van der Waals surface area contributed by atoms with Crippen molar-refractivity contribution in [2.45, 2.75) is 26.3 Å². The van der Waals surface area contributed by atoms with E-state index in [0.29, 0.717) is 22.8 Å². The van der Waals surface area contributed by atoms with Crippen molar-refractivity contribution in [2.24, 2.45) is 7.05 Å². The molecule has 0 radical (unpaired) electrons. The summed E-state index contributed by atoms with van der Waals surface area (Å²) in [6, 6.07) is 5.98. The zero-order chi connectivity index (χ0) is 26.7. The predicted molar refractivity (Wildman–Crippen MR) is 124 cm³/mol. The summed E-state index contributed by atoms with van der Waals surface area (Å²) in [6.45, 7) is 2.68. The summed E-state index contributed by atoms with van der Waals surface area (Å²) >= 11 is 0. The minimum atomic E-state index is -2.75. The third-order valence-corrected chi connectivity index (χ3v) is 4.18. The van der Waals surface area contributed by atoms with Crippen molar-refractivity contribution < 1.29 is 18.4 Å². The molecule has 4 N–H and O–H groups in total. The Kier molecular flexibility index (Phi) is 5.61. The zero-order valence-electron chi connectivity index (χ0n) is 21.8. The lowest BCUT2D eigenvalue weighted by atomic mass is 10.1. The van der Waals surface area contributed by atoms with E-state index >= 15 is 0 Å². The number of hydrogen-bond acceptors (Lipinski definition) is 8. The van der Waals surface area contributed by atoms with Crippen LogP contribution in [0.3, 0.4) is 0 Å². The van der Waals surface area contributed by atoms with E-state index in [4.69, 9.17) is 8.85 Å². The van der Waals surface area contributed by atoms with Crippen LogP contribution in [0.2, 0.25) is 0 Å². The van der Waals surface area contributed by atoms with Crippen LogP contribution in [-0.4, -0.2) is 56.5 Å². The van der Waals surface area contributed by atoms with Gasteiger partial charge in [-0.15, -0.1) is 10.2 Å². The third-order valence-electron chi connectivity index (χ3n) is 4.18. The topological polar surface area (TPSA) is 148 Å². The second-order valence-corrected chi connectivity index (χ2v) is 8.03. The summed E-state index contributed by atoms with van der Waals surface area (Å²) in [5, 5.41) is 22.2. The average Bonchev–Trinajstić information content (AvgIpc) is 3.17. The number of carbonyl (C=O) groups is 2. The van der Waals surface area contributed by atoms with Gasteiger partial charge in [-0.3, -0.25) is 14.8 Å². The molecule has 2 heterocycles. The van der Waals surface area contributed by atoms with Gasteiger partial charge in [-0.05, 0) is 32.9 Å². The molecule has 0 saturated heterocycles. The second kappa shape index (κ2) is 9.51. The van der Waals surface area contributed by atoms with Gasteiger partial charge in [-0.25, -0.2) is 9.78 Å². The van der Waals surface area contributed by atoms with Crippen LogP contribution in [0.25, 0.3) is 11.4 Å². The molecule has 0 unspecified atom stereocenters. The van der Waals surface area contributed by atoms with Crippen LogP contribution < -0.4 is 26.0 Å². The van der Waals surface area contributed by atoms with Gasteiger partial charge >= 0.3 is 6.03 Å². The summed E-state index contributed by atoms with van der Waals surface area (Å²) in [5.41, 5.74) is 0.231. The maximum absolute atomic E-state index is 12.7. The number of urea groups is 1. The molecule has 3 amide bonds. The number of para-hydroxylation sites is 1. The van der Waals surface area contributed by atoms with Crippen LogP contribution in [0.4, 0.5) is 22.0 Å². The Morgan fingerprint density at radius 3 is 2.61 bits per heavy atom. The van der Waals surface area contributed by atoms with Gasteiger partial charge in [0.25, 0.3) is 5.91 Å². The molecule has 0 atom stereocenters. The van der Waals surface area contributed by atoms with Gasteiger partial charge in [-0.1, -0.05) is 6.07 Å². The number of nitrogens with one attached hydrogen (secondary N) is 4. The Hall–Kier alpha value is -4.22. The molecular formula is C21H27N9O3. The van der Waals surface area contributed by atoms with E-state index in [0.717, 1.165) is 0 Å². The first kappa shape index (κ1) is 19.5. The number of ether oxygens (including phenoxy) is 1. The molecule has 3 aromatic rings. The number of methoxy groups -OCH3 is 1. The zero-order valence-corrected chi connectivity index (χ0v) is 18.8. The second-order valence-electron chi connectivity index (χ2n) is 8.03. The lowest BCUT2D eigenvalue weighted by molar-refractivity contribution is 0.0958. The molecule has 33 heavy (non-hydrogen) atoms. The van der Waals surface area contributed by atoms with E-state index in [-0.39, 0.29) is 17.2 Å². The number of aryl methyl sites for hydroxylation is 1. The number of hydrogen-bond donors (Lipinski definition) is 4. The highest BCUT2D eigenvalue weighted by Gasteiger charge is 2.20. The predicted octanol–water partition coefficient (Wildman–Crippen LogP) is 2.30. The van der Waals surface area contributed by atoms with Gasteiger partial charge in [0.1, 0.15) is 6.33 Å². The SMILES string of the molecule is [2H]C([2H])([2H])NC(=O)c1nnc(NC(=O)NC(C)(C)C)cc1Nc1cccc(-c2ncn(C)n2)c1OC. The Bertz CT molecular complexity index is 1270. The van der Waals surface area contributed by atoms with Crippen LogP contribution in [0, 0.1) is 0 Å². The normalized spacial score (nSPS) is 12.7. The largest absolute Gasteiger partial charge is 0.494 e. The number of rotatable bonds is 6. The fraction of sp³-hybridized carbons (Fsp3) is 0.333.